The van der Waals surface area contributed by atoms with Crippen LogP contribution in [0.4, 0.5) is 5.69 Å². The summed E-state index contributed by atoms with van der Waals surface area (Å²) in [5.74, 6) is 0.317. The molecule has 0 radical (unpaired) electrons. The van der Waals surface area contributed by atoms with E-state index < -0.39 is 10.0 Å². The third-order valence-electron chi connectivity index (χ3n) is 5.21. The Kier molecular flexibility index (Phi) is 8.12. The molecule has 1 amide bonds. The number of sulfonamides is 1. The normalized spacial score (nSPS) is 13.9. The van der Waals surface area contributed by atoms with Gasteiger partial charge in [-0.25, -0.2) is 8.42 Å². The molecule has 2 aromatic carbocycles. The van der Waals surface area contributed by atoms with Crippen LogP contribution in [0.25, 0.3) is 0 Å². The summed E-state index contributed by atoms with van der Waals surface area (Å²) in [6, 6.07) is 16.5. The van der Waals surface area contributed by atoms with Crippen molar-refractivity contribution in [2.75, 3.05) is 23.7 Å². The molecule has 0 bridgehead atoms. The molecule has 31 heavy (non-hydrogen) atoms. The molecule has 0 unspecified atom stereocenters. The molecule has 0 aliphatic heterocycles. The van der Waals surface area contributed by atoms with Crippen LogP contribution in [0.1, 0.15) is 37.7 Å². The molecule has 0 atom stereocenters. The van der Waals surface area contributed by atoms with E-state index in [-0.39, 0.29) is 12.5 Å². The van der Waals surface area contributed by atoms with Gasteiger partial charge in [-0.3, -0.25) is 9.10 Å². The van der Waals surface area contributed by atoms with Crippen LogP contribution >= 0.6 is 0 Å². The Morgan fingerprint density at radius 1 is 1.06 bits per heavy atom. The lowest BCUT2D eigenvalue weighted by Gasteiger charge is -2.22. The van der Waals surface area contributed by atoms with Crippen molar-refractivity contribution in [2.24, 2.45) is 0 Å². The highest BCUT2D eigenvalue weighted by atomic mass is 32.2. The van der Waals surface area contributed by atoms with Crippen LogP contribution in [0.15, 0.2) is 66.2 Å². The number of benzene rings is 2. The number of rotatable bonds is 10. The number of anilines is 1. The summed E-state index contributed by atoms with van der Waals surface area (Å²) in [6.45, 7) is 0.700. The fraction of sp³-hybridized carbons (Fsp3) is 0.375. The van der Waals surface area contributed by atoms with Crippen LogP contribution in [0.5, 0.6) is 5.75 Å². The summed E-state index contributed by atoms with van der Waals surface area (Å²) in [7, 11) is -3.61. The summed E-state index contributed by atoms with van der Waals surface area (Å²) in [5, 5.41) is 2.84. The zero-order valence-corrected chi connectivity index (χ0v) is 18.7. The van der Waals surface area contributed by atoms with Crippen molar-refractivity contribution in [1.29, 1.82) is 0 Å². The molecular weight excluding hydrogens is 412 g/mol. The smallest absolute Gasteiger partial charge is 0.240 e. The topological polar surface area (TPSA) is 75.7 Å². The van der Waals surface area contributed by atoms with Crippen molar-refractivity contribution in [3.8, 4) is 5.75 Å². The quantitative estimate of drug-likeness (QED) is 0.564. The highest BCUT2D eigenvalue weighted by Crippen LogP contribution is 2.22. The lowest BCUT2D eigenvalue weighted by Crippen LogP contribution is -2.40. The van der Waals surface area contributed by atoms with Gasteiger partial charge in [0.1, 0.15) is 18.9 Å². The third-order valence-corrected chi connectivity index (χ3v) is 6.35. The summed E-state index contributed by atoms with van der Waals surface area (Å²) in [6.07, 6.45) is 8.80. The Bertz CT molecular complexity index is 986. The zero-order chi connectivity index (χ0) is 22.1. The number of nitrogens with zero attached hydrogens (tertiary/aromatic N) is 1. The van der Waals surface area contributed by atoms with Crippen LogP contribution in [0, 0.1) is 0 Å². The standard InChI is InChI=1S/C24H30N2O4S/c1-31(28,29)26(18-24(27)25-17-16-20-8-4-2-5-9-20)22-12-14-23(15-13-22)30-19-21-10-6-3-7-11-21/h3,6-8,10-15H,2,4-5,9,16-19H2,1H3,(H,25,27). The third kappa shape index (κ3) is 7.43. The van der Waals surface area contributed by atoms with Gasteiger partial charge in [0.25, 0.3) is 0 Å². The van der Waals surface area contributed by atoms with Crippen LogP contribution < -0.4 is 14.4 Å². The van der Waals surface area contributed by atoms with E-state index in [2.05, 4.69) is 11.4 Å². The summed E-state index contributed by atoms with van der Waals surface area (Å²) >= 11 is 0. The maximum Gasteiger partial charge on any atom is 0.240 e. The molecule has 7 heteroatoms. The SMILES string of the molecule is CS(=O)(=O)N(CC(=O)NCCC1=CCCCC1)c1ccc(OCc2ccccc2)cc1. The molecule has 1 aliphatic carbocycles. The molecule has 166 valence electrons. The monoisotopic (exact) mass is 442 g/mol. The largest absolute Gasteiger partial charge is 0.489 e. The van der Waals surface area contributed by atoms with E-state index in [9.17, 15) is 13.2 Å². The Morgan fingerprint density at radius 2 is 1.81 bits per heavy atom. The molecular formula is C24H30N2O4S. The molecule has 0 saturated heterocycles. The molecule has 0 saturated carbocycles. The first kappa shape index (κ1) is 22.9. The number of nitrogens with one attached hydrogen (secondary N) is 1. The lowest BCUT2D eigenvalue weighted by atomic mass is 9.97. The first-order valence-corrected chi connectivity index (χ1v) is 12.5. The van der Waals surface area contributed by atoms with Crippen LogP contribution in [-0.2, 0) is 21.4 Å². The Balaban J connectivity index is 1.55. The second kappa shape index (κ2) is 11.0. The van der Waals surface area contributed by atoms with Crippen LogP contribution in [0.3, 0.4) is 0 Å². The maximum atomic E-state index is 12.4. The van der Waals surface area contributed by atoms with Gasteiger partial charge in [-0.2, -0.15) is 0 Å². The van der Waals surface area contributed by atoms with Gasteiger partial charge in [-0.1, -0.05) is 42.0 Å². The van der Waals surface area contributed by atoms with Gasteiger partial charge < -0.3 is 10.1 Å². The maximum absolute atomic E-state index is 12.4. The van der Waals surface area contributed by atoms with E-state index in [0.29, 0.717) is 24.6 Å². The fourth-order valence-electron chi connectivity index (χ4n) is 3.53. The zero-order valence-electron chi connectivity index (χ0n) is 17.9. The molecule has 0 heterocycles. The molecule has 2 aromatic rings. The first-order valence-electron chi connectivity index (χ1n) is 10.6. The summed E-state index contributed by atoms with van der Waals surface area (Å²) in [4.78, 5) is 12.4. The first-order chi connectivity index (χ1) is 14.9. The number of amides is 1. The molecule has 0 spiro atoms. The van der Waals surface area contributed by atoms with Crippen LogP contribution in [-0.4, -0.2) is 33.7 Å². The number of hydrogen-bond donors (Lipinski definition) is 1. The highest BCUT2D eigenvalue weighted by Gasteiger charge is 2.21. The second-order valence-electron chi connectivity index (χ2n) is 7.75. The van der Waals surface area contributed by atoms with Crippen molar-refractivity contribution < 1.29 is 17.9 Å². The van der Waals surface area contributed by atoms with Gasteiger partial charge in [0.05, 0.1) is 11.9 Å². The van der Waals surface area contributed by atoms with Gasteiger partial charge in [0, 0.05) is 6.54 Å². The van der Waals surface area contributed by atoms with Crippen molar-refractivity contribution in [2.45, 2.75) is 38.7 Å². The number of ether oxygens (including phenoxy) is 1. The van der Waals surface area contributed by atoms with Gasteiger partial charge >= 0.3 is 0 Å². The van der Waals surface area contributed by atoms with Gasteiger partial charge in [0.15, 0.2) is 0 Å². The number of carbonyl (C=O) groups excluding carboxylic acids is 1. The fourth-order valence-corrected chi connectivity index (χ4v) is 4.39. The Labute approximate surface area is 185 Å². The van der Waals surface area contributed by atoms with Crippen molar-refractivity contribution in [3.63, 3.8) is 0 Å². The predicted molar refractivity (Wildman–Crippen MR) is 124 cm³/mol. The molecule has 1 N–H and O–H groups in total. The average molecular weight is 443 g/mol. The van der Waals surface area contributed by atoms with Crippen molar-refractivity contribution >= 4 is 21.6 Å². The Morgan fingerprint density at radius 3 is 2.45 bits per heavy atom. The number of hydrogen-bond acceptors (Lipinski definition) is 4. The van der Waals surface area contributed by atoms with E-state index in [1.54, 1.807) is 24.3 Å². The number of allylic oxidation sites excluding steroid dienone is 1. The average Bonchev–Trinajstić information content (AvgIpc) is 2.77. The van der Waals surface area contributed by atoms with Gasteiger partial charge in [0.2, 0.25) is 15.9 Å². The van der Waals surface area contributed by atoms with E-state index >= 15 is 0 Å². The number of carbonyl (C=O) groups is 1. The van der Waals surface area contributed by atoms with Crippen molar-refractivity contribution in [3.05, 3.63) is 71.8 Å². The minimum absolute atomic E-state index is 0.248. The van der Waals surface area contributed by atoms with E-state index in [4.69, 9.17) is 4.74 Å². The molecule has 1 aliphatic rings. The van der Waals surface area contributed by atoms with E-state index in [0.717, 1.165) is 35.4 Å². The summed E-state index contributed by atoms with van der Waals surface area (Å²) in [5.41, 5.74) is 2.85. The second-order valence-corrected chi connectivity index (χ2v) is 9.65. The van der Waals surface area contributed by atoms with Crippen molar-refractivity contribution in [1.82, 2.24) is 5.32 Å². The van der Waals surface area contributed by atoms with E-state index in [1.165, 1.54) is 18.4 Å². The van der Waals surface area contributed by atoms with Gasteiger partial charge in [-0.05, 0) is 61.9 Å². The minimum atomic E-state index is -3.61. The van der Waals surface area contributed by atoms with Gasteiger partial charge in [-0.15, -0.1) is 0 Å². The molecule has 3 rings (SSSR count). The minimum Gasteiger partial charge on any atom is -0.489 e. The molecule has 6 nitrogen and oxygen atoms in total. The highest BCUT2D eigenvalue weighted by molar-refractivity contribution is 7.92. The molecule has 0 fully saturated rings. The predicted octanol–water partition coefficient (Wildman–Crippen LogP) is 4.04. The summed E-state index contributed by atoms with van der Waals surface area (Å²) < 4.78 is 31.4. The van der Waals surface area contributed by atoms with Crippen LogP contribution in [0.2, 0.25) is 0 Å². The molecule has 0 aromatic heterocycles. The van der Waals surface area contributed by atoms with E-state index in [1.807, 2.05) is 30.3 Å². The Hall–Kier alpha value is -2.80. The lowest BCUT2D eigenvalue weighted by molar-refractivity contribution is -0.119.